The van der Waals surface area contributed by atoms with E-state index in [-0.39, 0.29) is 11.2 Å². The molecular weight excluding hydrogens is 318 g/mol. The summed E-state index contributed by atoms with van der Waals surface area (Å²) >= 11 is 3.17. The Labute approximate surface area is 138 Å². The number of thioether (sulfide) groups is 1. The van der Waals surface area contributed by atoms with Gasteiger partial charge in [0.25, 0.3) is 0 Å². The van der Waals surface area contributed by atoms with Gasteiger partial charge in [-0.25, -0.2) is 9.97 Å². The predicted molar refractivity (Wildman–Crippen MR) is 91.6 cm³/mol. The summed E-state index contributed by atoms with van der Waals surface area (Å²) in [5, 5.41) is 4.66. The Hall–Kier alpha value is -1.18. The Morgan fingerprint density at radius 1 is 1.50 bits per heavy atom. The minimum Gasteiger partial charge on any atom is -0.385 e. The molecule has 120 valence electrons. The lowest BCUT2D eigenvalue weighted by atomic mass is 10.3. The summed E-state index contributed by atoms with van der Waals surface area (Å²) in [5.74, 6) is 0.0267. The molecule has 0 radical (unpaired) electrons. The van der Waals surface area contributed by atoms with Crippen molar-refractivity contribution in [3.8, 4) is 0 Å². The van der Waals surface area contributed by atoms with Crippen molar-refractivity contribution >= 4 is 39.2 Å². The summed E-state index contributed by atoms with van der Waals surface area (Å²) in [5.41, 5.74) is 0. The molecule has 2 heterocycles. The van der Waals surface area contributed by atoms with Crippen molar-refractivity contribution in [3.05, 3.63) is 17.3 Å². The normalized spacial score (nSPS) is 12.5. The highest BCUT2D eigenvalue weighted by molar-refractivity contribution is 8.00. The Balaban J connectivity index is 2.00. The van der Waals surface area contributed by atoms with E-state index in [1.54, 1.807) is 24.8 Å². The van der Waals surface area contributed by atoms with Crippen LogP contribution < -0.4 is 5.32 Å². The standard InChI is InChI=1S/C15H21N3O2S2/c1-4-11-8-12-14(17-9-18-15(12)22-11)21-10(2)13(19)16-6-5-7-20-3/h8-10H,4-7H2,1-3H3,(H,16,19). The van der Waals surface area contributed by atoms with Crippen molar-refractivity contribution in [1.29, 1.82) is 0 Å². The maximum atomic E-state index is 12.1. The molecule has 2 aromatic rings. The van der Waals surface area contributed by atoms with Gasteiger partial charge in [-0.3, -0.25) is 4.79 Å². The molecule has 0 aliphatic carbocycles. The van der Waals surface area contributed by atoms with E-state index in [0.717, 1.165) is 28.1 Å². The number of aryl methyl sites for hydroxylation is 1. The summed E-state index contributed by atoms with van der Waals surface area (Å²) in [6, 6.07) is 2.13. The number of aromatic nitrogens is 2. The average Bonchev–Trinajstić information content (AvgIpc) is 2.95. The molecule has 0 fully saturated rings. The van der Waals surface area contributed by atoms with Gasteiger partial charge in [-0.05, 0) is 25.8 Å². The van der Waals surface area contributed by atoms with E-state index < -0.39 is 0 Å². The lowest BCUT2D eigenvalue weighted by molar-refractivity contribution is -0.120. The van der Waals surface area contributed by atoms with Gasteiger partial charge in [0.05, 0.1) is 5.25 Å². The van der Waals surface area contributed by atoms with E-state index in [0.29, 0.717) is 13.2 Å². The van der Waals surface area contributed by atoms with Crippen LogP contribution in [0.2, 0.25) is 0 Å². The van der Waals surface area contributed by atoms with Crippen LogP contribution >= 0.6 is 23.1 Å². The molecule has 1 amide bonds. The first-order valence-corrected chi connectivity index (χ1v) is 9.02. The molecule has 0 aliphatic heterocycles. The number of ether oxygens (including phenoxy) is 1. The highest BCUT2D eigenvalue weighted by Crippen LogP contribution is 2.32. The molecule has 5 nitrogen and oxygen atoms in total. The third-order valence-electron chi connectivity index (χ3n) is 3.17. The fourth-order valence-electron chi connectivity index (χ4n) is 1.94. The lowest BCUT2D eigenvalue weighted by Crippen LogP contribution is -2.32. The molecule has 1 atom stereocenters. The first-order valence-electron chi connectivity index (χ1n) is 7.32. The van der Waals surface area contributed by atoms with Crippen molar-refractivity contribution in [1.82, 2.24) is 15.3 Å². The van der Waals surface area contributed by atoms with Crippen molar-refractivity contribution in [2.24, 2.45) is 0 Å². The van der Waals surface area contributed by atoms with Crippen molar-refractivity contribution in [3.63, 3.8) is 0 Å². The molecule has 0 saturated heterocycles. The van der Waals surface area contributed by atoms with Gasteiger partial charge in [0.1, 0.15) is 16.2 Å². The number of carbonyl (C=O) groups is 1. The largest absolute Gasteiger partial charge is 0.385 e. The van der Waals surface area contributed by atoms with E-state index in [1.165, 1.54) is 16.6 Å². The Bertz CT molecular complexity index is 630. The van der Waals surface area contributed by atoms with Crippen LogP contribution in [0, 0.1) is 0 Å². The predicted octanol–water partition coefficient (Wildman–Crippen LogP) is 2.89. The Kier molecular flexibility index (Phi) is 6.60. The minimum absolute atomic E-state index is 0.0267. The fourth-order valence-corrected chi connectivity index (χ4v) is 3.86. The second-order valence-corrected chi connectivity index (χ2v) is 7.31. The van der Waals surface area contributed by atoms with Crippen LogP contribution in [0.1, 0.15) is 25.1 Å². The molecule has 1 N–H and O–H groups in total. The molecule has 0 aromatic carbocycles. The number of nitrogens with one attached hydrogen (secondary N) is 1. The highest BCUT2D eigenvalue weighted by atomic mass is 32.2. The molecule has 0 aliphatic rings. The van der Waals surface area contributed by atoms with Gasteiger partial charge in [0.2, 0.25) is 5.91 Å². The third-order valence-corrected chi connectivity index (χ3v) is 5.48. The monoisotopic (exact) mass is 339 g/mol. The van der Waals surface area contributed by atoms with Gasteiger partial charge in [-0.15, -0.1) is 11.3 Å². The van der Waals surface area contributed by atoms with Crippen LogP contribution in [0.5, 0.6) is 0 Å². The van der Waals surface area contributed by atoms with Gasteiger partial charge >= 0.3 is 0 Å². The minimum atomic E-state index is -0.189. The Morgan fingerprint density at radius 2 is 2.32 bits per heavy atom. The number of amides is 1. The quantitative estimate of drug-likeness (QED) is 0.455. The summed E-state index contributed by atoms with van der Waals surface area (Å²) in [7, 11) is 1.66. The van der Waals surface area contributed by atoms with E-state index in [4.69, 9.17) is 4.74 Å². The van der Waals surface area contributed by atoms with Crippen LogP contribution in [0.15, 0.2) is 17.4 Å². The number of hydrogen-bond acceptors (Lipinski definition) is 6. The van der Waals surface area contributed by atoms with Crippen LogP contribution in [-0.2, 0) is 16.0 Å². The van der Waals surface area contributed by atoms with Gasteiger partial charge in [0, 0.05) is 30.5 Å². The summed E-state index contributed by atoms with van der Waals surface area (Å²) < 4.78 is 4.97. The van der Waals surface area contributed by atoms with E-state index in [1.807, 2.05) is 6.92 Å². The van der Waals surface area contributed by atoms with E-state index >= 15 is 0 Å². The molecule has 1 unspecified atom stereocenters. The van der Waals surface area contributed by atoms with Gasteiger partial charge in [-0.1, -0.05) is 18.7 Å². The van der Waals surface area contributed by atoms with Crippen molar-refractivity contribution in [2.75, 3.05) is 20.3 Å². The smallest absolute Gasteiger partial charge is 0.233 e. The number of nitrogens with zero attached hydrogens (tertiary/aromatic N) is 2. The number of rotatable bonds is 8. The van der Waals surface area contributed by atoms with Crippen LogP contribution in [0.25, 0.3) is 10.2 Å². The SMILES string of the molecule is CCc1cc2c(SC(C)C(=O)NCCCOC)ncnc2s1. The number of thiophene rings is 1. The molecule has 0 spiro atoms. The number of hydrogen-bond donors (Lipinski definition) is 1. The first-order chi connectivity index (χ1) is 10.7. The second-order valence-electron chi connectivity index (χ2n) is 4.86. The second kappa shape index (κ2) is 8.45. The van der Waals surface area contributed by atoms with Gasteiger partial charge < -0.3 is 10.1 Å². The van der Waals surface area contributed by atoms with Gasteiger partial charge in [-0.2, -0.15) is 0 Å². The average molecular weight is 339 g/mol. The van der Waals surface area contributed by atoms with Crippen molar-refractivity contribution in [2.45, 2.75) is 37.0 Å². The maximum Gasteiger partial charge on any atom is 0.233 e. The lowest BCUT2D eigenvalue weighted by Gasteiger charge is -2.11. The number of fused-ring (bicyclic) bond motifs is 1. The zero-order valence-electron chi connectivity index (χ0n) is 13.1. The summed E-state index contributed by atoms with van der Waals surface area (Å²) in [4.78, 5) is 23.0. The molecule has 0 saturated carbocycles. The molecule has 2 aromatic heterocycles. The molecule has 22 heavy (non-hydrogen) atoms. The topological polar surface area (TPSA) is 64.1 Å². The number of carbonyl (C=O) groups excluding carboxylic acids is 1. The van der Waals surface area contributed by atoms with Crippen molar-refractivity contribution < 1.29 is 9.53 Å². The van der Waals surface area contributed by atoms with Crippen LogP contribution in [0.3, 0.4) is 0 Å². The molecule has 2 rings (SSSR count). The van der Waals surface area contributed by atoms with E-state index in [9.17, 15) is 4.79 Å². The third kappa shape index (κ3) is 4.41. The van der Waals surface area contributed by atoms with E-state index in [2.05, 4.69) is 28.3 Å². The fraction of sp³-hybridized carbons (Fsp3) is 0.533. The zero-order valence-corrected chi connectivity index (χ0v) is 14.7. The molecule has 7 heteroatoms. The van der Waals surface area contributed by atoms with Crippen LogP contribution in [-0.4, -0.2) is 41.4 Å². The molecule has 0 bridgehead atoms. The maximum absolute atomic E-state index is 12.1. The first kappa shape index (κ1) is 17.2. The summed E-state index contributed by atoms with van der Waals surface area (Å²) in [6.45, 7) is 5.32. The summed E-state index contributed by atoms with van der Waals surface area (Å²) in [6.07, 6.45) is 3.38. The van der Waals surface area contributed by atoms with Crippen LogP contribution in [0.4, 0.5) is 0 Å². The van der Waals surface area contributed by atoms with Gasteiger partial charge in [0.15, 0.2) is 0 Å². The Morgan fingerprint density at radius 3 is 3.05 bits per heavy atom. The zero-order chi connectivity index (χ0) is 15.9. The number of methoxy groups -OCH3 is 1. The highest BCUT2D eigenvalue weighted by Gasteiger charge is 2.17. The molecular formula is C15H21N3O2S2.